The van der Waals surface area contributed by atoms with E-state index in [0.717, 1.165) is 0 Å². The number of hydrogen-bond acceptors (Lipinski definition) is 5. The van der Waals surface area contributed by atoms with Gasteiger partial charge in [0, 0.05) is 62.8 Å². The molecule has 3 fully saturated rings. The third-order valence-corrected chi connectivity index (χ3v) is 4.72. The van der Waals surface area contributed by atoms with Crippen molar-refractivity contribution in [2.45, 2.75) is 32.0 Å². The van der Waals surface area contributed by atoms with Crippen LogP contribution in [0.4, 0.5) is 11.4 Å². The summed E-state index contributed by atoms with van der Waals surface area (Å²) in [5.41, 5.74) is 0.315. The number of carbonyl (C=O) groups excluding carboxylic acids is 1. The lowest BCUT2D eigenvalue weighted by atomic mass is 9.94. The summed E-state index contributed by atoms with van der Waals surface area (Å²) in [4.78, 5) is 16.6. The molecule has 0 aliphatic carbocycles. The first kappa shape index (κ1) is 8.85. The molecule has 1 atom stereocenters. The predicted molar refractivity (Wildman–Crippen MR) is 116 cm³/mol. The van der Waals surface area contributed by atoms with Gasteiger partial charge in [-0.3, -0.25) is 4.79 Å². The molecule has 3 saturated heterocycles. The molecule has 1 aromatic rings. The molecule has 3 aliphatic heterocycles. The first-order valence-electron chi connectivity index (χ1n) is 17.5. The maximum absolute atomic E-state index is 14.4. The van der Waals surface area contributed by atoms with Crippen LogP contribution in [0.15, 0.2) is 24.3 Å². The van der Waals surface area contributed by atoms with E-state index in [1.165, 1.54) is 24.3 Å². The monoisotopic (exact) mass is 417 g/mol. The lowest BCUT2D eigenvalue weighted by Crippen LogP contribution is -2.40. The summed E-state index contributed by atoms with van der Waals surface area (Å²) >= 11 is 0. The van der Waals surface area contributed by atoms with Gasteiger partial charge in [-0.1, -0.05) is 0 Å². The lowest BCUT2D eigenvalue weighted by Gasteiger charge is -2.33. The Bertz CT molecular complexity index is 1250. The molecule has 6 heteroatoms. The lowest BCUT2D eigenvalue weighted by molar-refractivity contribution is -0.120. The fourth-order valence-electron chi connectivity index (χ4n) is 3.19. The van der Waals surface area contributed by atoms with Crippen LogP contribution in [0.5, 0.6) is 0 Å². The molecule has 160 valence electrons. The van der Waals surface area contributed by atoms with E-state index in [9.17, 15) is 4.79 Å². The van der Waals surface area contributed by atoms with Crippen LogP contribution < -0.4 is 15.1 Å². The van der Waals surface area contributed by atoms with Crippen molar-refractivity contribution in [1.82, 2.24) is 5.31 Å². The van der Waals surface area contributed by atoms with Crippen LogP contribution in [0.1, 0.15) is 52.5 Å². The standard InChI is InChI=1S/C23H35N3O3/c27-23(17-19-7-13-28-14-8-19)26(18-20-5-9-24-10-6-20)22-3-1-21(2-4-22)25-11-15-29-16-12-25/h1-4,19-20,24H,5-18H2/i7D2,8D2,9D2,13D2,14D2,17D2,18D2,19D/hD. The summed E-state index contributed by atoms with van der Waals surface area (Å²) in [5, 5.41) is 0.607. The largest absolute Gasteiger partial charge is 0.381 e. The number of carbonyl (C=O) groups is 1. The Morgan fingerprint density at radius 1 is 1.24 bits per heavy atom. The van der Waals surface area contributed by atoms with E-state index in [1.807, 2.05) is 4.90 Å². The number of amides is 1. The third kappa shape index (κ3) is 5.71. The third-order valence-electron chi connectivity index (χ3n) is 4.72. The summed E-state index contributed by atoms with van der Waals surface area (Å²) < 4.78 is 144. The molecule has 0 saturated carbocycles. The smallest absolute Gasteiger partial charge is 0.227 e. The van der Waals surface area contributed by atoms with Gasteiger partial charge in [0.15, 0.2) is 0 Å². The van der Waals surface area contributed by atoms with E-state index < -0.39 is 69.4 Å². The van der Waals surface area contributed by atoms with E-state index >= 15 is 0 Å². The normalized spacial score (nSPS) is 43.3. The molecule has 1 N–H and O–H groups in total. The average molecular weight is 418 g/mol. The minimum absolute atomic E-state index is 0.179. The summed E-state index contributed by atoms with van der Waals surface area (Å²) in [5.74, 6) is -7.61. The van der Waals surface area contributed by atoms with Crippen molar-refractivity contribution in [2.24, 2.45) is 11.8 Å². The van der Waals surface area contributed by atoms with Crippen molar-refractivity contribution in [3.63, 3.8) is 0 Å². The molecule has 29 heavy (non-hydrogen) atoms. The van der Waals surface area contributed by atoms with Crippen LogP contribution >= 0.6 is 0 Å². The Morgan fingerprint density at radius 2 is 2.00 bits per heavy atom. The van der Waals surface area contributed by atoms with Crippen LogP contribution in [0, 0.1) is 11.8 Å². The van der Waals surface area contributed by atoms with Gasteiger partial charge in [0.1, 0.15) is 1.41 Å². The van der Waals surface area contributed by atoms with Crippen molar-refractivity contribution in [3.05, 3.63) is 24.3 Å². The number of rotatable bonds is 6. The van der Waals surface area contributed by atoms with Crippen molar-refractivity contribution in [1.29, 1.82) is 0 Å². The van der Waals surface area contributed by atoms with Gasteiger partial charge in [-0.25, -0.2) is 0 Å². The van der Waals surface area contributed by atoms with Gasteiger partial charge in [0.05, 0.1) is 21.4 Å². The van der Waals surface area contributed by atoms with Gasteiger partial charge in [-0.2, -0.15) is 0 Å². The van der Waals surface area contributed by atoms with E-state index in [4.69, 9.17) is 26.7 Å². The highest BCUT2D eigenvalue weighted by atomic mass is 16.5. The number of piperidine rings is 1. The van der Waals surface area contributed by atoms with Crippen LogP contribution in [-0.4, -0.2) is 64.9 Å². The van der Waals surface area contributed by atoms with E-state index in [2.05, 4.69) is 4.74 Å². The molecular formula is C23H35N3O3. The van der Waals surface area contributed by atoms with Crippen molar-refractivity contribution in [3.8, 4) is 0 Å². The van der Waals surface area contributed by atoms with Crippen LogP contribution in [0.2, 0.25) is 1.41 Å². The highest BCUT2D eigenvalue weighted by Gasteiger charge is 2.26. The second-order valence-corrected chi connectivity index (χ2v) is 6.67. The van der Waals surface area contributed by atoms with Gasteiger partial charge in [-0.15, -0.1) is 0 Å². The van der Waals surface area contributed by atoms with Crippen molar-refractivity contribution < 1.29 is 36.2 Å². The number of benzene rings is 1. The highest BCUT2D eigenvalue weighted by Crippen LogP contribution is 2.27. The Hall–Kier alpha value is -1.63. The first-order chi connectivity index (χ1) is 20.3. The molecule has 0 radical (unpaired) electrons. The second kappa shape index (κ2) is 10.4. The average Bonchev–Trinajstić information content (AvgIpc) is 2.93. The van der Waals surface area contributed by atoms with Gasteiger partial charge in [-0.05, 0) is 74.7 Å². The predicted octanol–water partition coefficient (Wildman–Crippen LogP) is 2.67. The molecular weight excluding hydrogens is 366 g/mol. The molecule has 1 unspecified atom stereocenters. The number of morpholine rings is 1. The fraction of sp³-hybridized carbons (Fsp3) is 0.696. The van der Waals surface area contributed by atoms with Crippen LogP contribution in [-0.2, 0) is 14.3 Å². The molecule has 3 aliphatic rings. The number of ether oxygens (including phenoxy) is 2. The molecule has 0 bridgehead atoms. The summed E-state index contributed by atoms with van der Waals surface area (Å²) in [6, 6.07) is 5.51. The second-order valence-electron chi connectivity index (χ2n) is 6.67. The molecule has 4 rings (SSSR count). The zero-order valence-electron chi connectivity index (χ0n) is 31.9. The summed E-state index contributed by atoms with van der Waals surface area (Å²) in [6.07, 6.45) is -13.0. The SMILES string of the molecule is [2H]N1CCC(C([2H])([2H])N(C(=O)C([2H])([2H])C2([2H])C([2H])([2H])C([2H])([2H])OC([2H])([2H])C2([2H])[2H])c2ccc(N3CCOCC3)cc2)CC1([2H])[2H]. The summed E-state index contributed by atoms with van der Waals surface area (Å²) in [7, 11) is 0. The van der Waals surface area contributed by atoms with Crippen LogP contribution in [0.3, 0.4) is 0 Å². The maximum atomic E-state index is 14.4. The molecule has 6 nitrogen and oxygen atoms in total. The number of anilines is 2. The van der Waals surface area contributed by atoms with Crippen LogP contribution in [0.25, 0.3) is 0 Å². The summed E-state index contributed by atoms with van der Waals surface area (Å²) in [6.45, 7) is -11.4. The topological polar surface area (TPSA) is 54.0 Å². The Balaban J connectivity index is 1.88. The molecule has 1 amide bonds. The molecule has 0 aromatic heterocycles. The molecule has 3 heterocycles. The maximum Gasteiger partial charge on any atom is 0.227 e. The Kier molecular flexibility index (Phi) is 3.18. The number of hydrogen-bond donors (Lipinski definition) is 1. The minimum Gasteiger partial charge on any atom is -0.381 e. The van der Waals surface area contributed by atoms with Gasteiger partial charge < -0.3 is 24.6 Å². The number of nitrogens with zero attached hydrogens (tertiary/aromatic N) is 2. The fourth-order valence-corrected chi connectivity index (χ4v) is 3.19. The minimum atomic E-state index is -4.21. The number of nitrogens with one attached hydrogen (secondary N) is 1. The highest BCUT2D eigenvalue weighted by molar-refractivity contribution is 5.93. The zero-order chi connectivity index (χ0) is 34.2. The van der Waals surface area contributed by atoms with Gasteiger partial charge in [0.25, 0.3) is 0 Å². The Morgan fingerprint density at radius 3 is 2.72 bits per heavy atom. The Labute approximate surface area is 197 Å². The van der Waals surface area contributed by atoms with Crippen molar-refractivity contribution in [2.75, 3.05) is 68.8 Å². The van der Waals surface area contributed by atoms with E-state index in [-0.39, 0.29) is 23.6 Å². The van der Waals surface area contributed by atoms with E-state index in [1.54, 1.807) is 0 Å². The molecule has 0 spiro atoms. The zero-order valence-corrected chi connectivity index (χ0v) is 15.9. The first-order valence-corrected chi connectivity index (χ1v) is 9.54. The van der Waals surface area contributed by atoms with E-state index in [0.29, 0.717) is 37.3 Å². The van der Waals surface area contributed by atoms with Crippen molar-refractivity contribution >= 4 is 17.3 Å². The quantitative estimate of drug-likeness (QED) is 0.771. The van der Waals surface area contributed by atoms with Gasteiger partial charge >= 0.3 is 0 Å². The van der Waals surface area contributed by atoms with Gasteiger partial charge in [0.2, 0.25) is 5.91 Å². The molecule has 1 aromatic carbocycles.